The second-order valence-electron chi connectivity index (χ2n) is 4.15. The van der Waals surface area contributed by atoms with Gasteiger partial charge in [-0.15, -0.1) is 0 Å². The van der Waals surface area contributed by atoms with Crippen LogP contribution in [0.25, 0.3) is 0 Å². The van der Waals surface area contributed by atoms with Crippen LogP contribution in [0, 0.1) is 0 Å². The number of ether oxygens (including phenoxy) is 1. The summed E-state index contributed by atoms with van der Waals surface area (Å²) in [5, 5.41) is -3.96. The normalized spacial score (nSPS) is 11.3. The van der Waals surface area contributed by atoms with Crippen LogP contribution < -0.4 is 4.74 Å². The molecule has 0 spiro atoms. The Morgan fingerprint density at radius 2 is 1.45 bits per heavy atom. The van der Waals surface area contributed by atoms with Crippen LogP contribution in [-0.2, 0) is 11.9 Å². The number of halogens is 3. The van der Waals surface area contributed by atoms with Gasteiger partial charge in [-0.2, -0.15) is 0 Å². The summed E-state index contributed by atoms with van der Waals surface area (Å²) in [5.41, 5.74) is 1.66. The van der Waals surface area contributed by atoms with Crippen molar-refractivity contribution in [3.05, 3.63) is 65.7 Å². The SMILES string of the molecule is FC(F)(F)[Se]Cc1ccc(COc2ccccc2)cc1. The van der Waals surface area contributed by atoms with Gasteiger partial charge < -0.3 is 0 Å². The predicted octanol–water partition coefficient (Wildman–Crippen LogP) is 3.99. The van der Waals surface area contributed by atoms with Crippen molar-refractivity contribution >= 4 is 15.0 Å². The molecule has 0 aliphatic heterocycles. The van der Waals surface area contributed by atoms with Gasteiger partial charge in [0, 0.05) is 0 Å². The molecule has 0 bridgehead atoms. The van der Waals surface area contributed by atoms with E-state index in [9.17, 15) is 13.2 Å². The molecule has 0 amide bonds. The van der Waals surface area contributed by atoms with Gasteiger partial charge >= 0.3 is 121 Å². The fraction of sp³-hybridized carbons (Fsp3) is 0.200. The first-order chi connectivity index (χ1) is 9.53. The number of hydrogen-bond acceptors (Lipinski definition) is 1. The van der Waals surface area contributed by atoms with E-state index in [-0.39, 0.29) is 5.32 Å². The number of rotatable bonds is 5. The summed E-state index contributed by atoms with van der Waals surface area (Å²) < 4.78 is 42.0. The van der Waals surface area contributed by atoms with Crippen LogP contribution in [0.1, 0.15) is 11.1 Å². The maximum absolute atomic E-state index is 12.1. The van der Waals surface area contributed by atoms with Gasteiger partial charge in [-0.05, 0) is 0 Å². The molecule has 0 saturated carbocycles. The number of alkyl halides is 3. The molecule has 0 heterocycles. The number of hydrogen-bond donors (Lipinski definition) is 0. The summed E-state index contributed by atoms with van der Waals surface area (Å²) in [6, 6.07) is 16.5. The molecule has 20 heavy (non-hydrogen) atoms. The van der Waals surface area contributed by atoms with Crippen molar-refractivity contribution in [2.75, 3.05) is 0 Å². The molecule has 0 aromatic heterocycles. The second-order valence-corrected chi connectivity index (χ2v) is 6.34. The van der Waals surface area contributed by atoms with E-state index < -0.39 is 20.0 Å². The van der Waals surface area contributed by atoms with Crippen molar-refractivity contribution in [2.45, 2.75) is 17.0 Å². The van der Waals surface area contributed by atoms with Gasteiger partial charge in [0.05, 0.1) is 0 Å². The van der Waals surface area contributed by atoms with Gasteiger partial charge in [0.15, 0.2) is 0 Å². The molecule has 2 aromatic carbocycles. The molecular weight excluding hydrogens is 332 g/mol. The molecule has 0 aliphatic rings. The monoisotopic (exact) mass is 346 g/mol. The zero-order valence-electron chi connectivity index (χ0n) is 10.6. The van der Waals surface area contributed by atoms with E-state index in [4.69, 9.17) is 4.74 Å². The average molecular weight is 345 g/mol. The van der Waals surface area contributed by atoms with Crippen LogP contribution in [-0.4, -0.2) is 20.0 Å². The molecule has 0 aliphatic carbocycles. The van der Waals surface area contributed by atoms with Crippen LogP contribution in [0.2, 0.25) is 0 Å². The Balaban J connectivity index is 1.85. The molecule has 2 aromatic rings. The van der Waals surface area contributed by atoms with Gasteiger partial charge in [-0.3, -0.25) is 0 Å². The van der Waals surface area contributed by atoms with E-state index in [1.165, 1.54) is 0 Å². The Hall–Kier alpha value is -1.45. The molecule has 0 saturated heterocycles. The fourth-order valence-corrected chi connectivity index (χ4v) is 2.68. The third-order valence-corrected chi connectivity index (χ3v) is 4.26. The van der Waals surface area contributed by atoms with E-state index in [1.54, 1.807) is 12.1 Å². The van der Waals surface area contributed by atoms with Crippen molar-refractivity contribution < 1.29 is 17.9 Å². The third kappa shape index (κ3) is 5.27. The van der Waals surface area contributed by atoms with Crippen molar-refractivity contribution in [3.8, 4) is 5.75 Å². The van der Waals surface area contributed by atoms with Crippen LogP contribution in [0.5, 0.6) is 5.75 Å². The Kier molecular flexibility index (Phi) is 5.10. The predicted molar refractivity (Wildman–Crippen MR) is 72.7 cm³/mol. The second kappa shape index (κ2) is 6.82. The summed E-state index contributed by atoms with van der Waals surface area (Å²) in [4.78, 5) is 0. The standard InChI is InChI=1S/C15H13F3OSe/c16-15(17,18)20-11-13-8-6-12(7-9-13)10-19-14-4-2-1-3-5-14/h1-9H,10-11H2. The number of benzene rings is 2. The Morgan fingerprint density at radius 1 is 0.850 bits per heavy atom. The van der Waals surface area contributed by atoms with E-state index in [1.807, 2.05) is 42.5 Å². The van der Waals surface area contributed by atoms with Crippen molar-refractivity contribution in [3.63, 3.8) is 0 Å². The average Bonchev–Trinajstić information content (AvgIpc) is 2.44. The van der Waals surface area contributed by atoms with Crippen LogP contribution in [0.15, 0.2) is 54.6 Å². The summed E-state index contributed by atoms with van der Waals surface area (Å²) >= 11 is -1.35. The Morgan fingerprint density at radius 3 is 2.05 bits per heavy atom. The Bertz CT molecular complexity index is 523. The van der Waals surface area contributed by atoms with Gasteiger partial charge in [-0.1, -0.05) is 0 Å². The minimum absolute atomic E-state index is 0.0797. The van der Waals surface area contributed by atoms with Crippen molar-refractivity contribution in [2.24, 2.45) is 0 Å². The van der Waals surface area contributed by atoms with Gasteiger partial charge in [0.2, 0.25) is 0 Å². The first-order valence-electron chi connectivity index (χ1n) is 5.99. The van der Waals surface area contributed by atoms with E-state index in [0.717, 1.165) is 11.3 Å². The minimum atomic E-state index is -4.04. The molecule has 1 nitrogen and oxygen atoms in total. The molecule has 0 radical (unpaired) electrons. The Labute approximate surface area is 121 Å². The van der Waals surface area contributed by atoms with Crippen LogP contribution in [0.4, 0.5) is 13.2 Å². The van der Waals surface area contributed by atoms with Crippen LogP contribution >= 0.6 is 0 Å². The van der Waals surface area contributed by atoms with E-state index >= 15 is 0 Å². The molecule has 5 heteroatoms. The maximum atomic E-state index is 12.1. The van der Waals surface area contributed by atoms with Crippen LogP contribution in [0.3, 0.4) is 0 Å². The molecule has 0 unspecified atom stereocenters. The third-order valence-electron chi connectivity index (χ3n) is 2.57. The topological polar surface area (TPSA) is 9.23 Å². The van der Waals surface area contributed by atoms with Gasteiger partial charge in [0.1, 0.15) is 0 Å². The summed E-state index contributed by atoms with van der Waals surface area (Å²) in [6.45, 7) is 0.411. The summed E-state index contributed by atoms with van der Waals surface area (Å²) in [7, 11) is 0. The first-order valence-corrected chi connectivity index (χ1v) is 8.06. The quantitative estimate of drug-likeness (QED) is 0.745. The summed E-state index contributed by atoms with van der Waals surface area (Å²) in [6.07, 6.45) is 0. The molecule has 0 fully saturated rings. The molecular formula is C15H13F3OSe. The zero-order chi connectivity index (χ0) is 14.4. The summed E-state index contributed by atoms with van der Waals surface area (Å²) in [5.74, 6) is 0.775. The molecule has 0 N–H and O–H groups in total. The van der Waals surface area contributed by atoms with Crippen molar-refractivity contribution in [1.82, 2.24) is 0 Å². The van der Waals surface area contributed by atoms with E-state index in [0.29, 0.717) is 12.2 Å². The molecule has 2 rings (SSSR count). The zero-order valence-corrected chi connectivity index (χ0v) is 12.3. The van der Waals surface area contributed by atoms with Crippen molar-refractivity contribution in [1.29, 1.82) is 0 Å². The number of para-hydroxylation sites is 1. The van der Waals surface area contributed by atoms with Gasteiger partial charge in [0.25, 0.3) is 0 Å². The van der Waals surface area contributed by atoms with E-state index in [2.05, 4.69) is 0 Å². The first kappa shape index (κ1) is 14.9. The van der Waals surface area contributed by atoms with Gasteiger partial charge in [-0.25, -0.2) is 0 Å². The fourth-order valence-electron chi connectivity index (χ4n) is 1.58. The molecule has 0 atom stereocenters. The molecule has 106 valence electrons.